The number of nitrogens with one attached hydrogen (secondary N) is 1. The molecule has 1 rings (SSSR count). The van der Waals surface area contributed by atoms with Crippen molar-refractivity contribution in [3.05, 3.63) is 22.4 Å². The minimum absolute atomic E-state index is 0.788. The Morgan fingerprint density at radius 3 is 2.35 bits per heavy atom. The summed E-state index contributed by atoms with van der Waals surface area (Å²) >= 11 is 1.80. The predicted molar refractivity (Wildman–Crippen MR) is 85.5 cm³/mol. The fourth-order valence-corrected chi connectivity index (χ4v) is 2.55. The second-order valence-electron chi connectivity index (χ2n) is 4.49. The van der Waals surface area contributed by atoms with E-state index < -0.39 is 0 Å². The lowest BCUT2D eigenvalue weighted by atomic mass is 10.4. The molecule has 0 saturated carbocycles. The minimum atomic E-state index is 0.788. The molecule has 0 atom stereocenters. The second kappa shape index (κ2) is 12.3. The summed E-state index contributed by atoms with van der Waals surface area (Å²) < 4.78 is 10.9. The van der Waals surface area contributed by atoms with Crippen molar-refractivity contribution in [2.75, 3.05) is 52.6 Å². The van der Waals surface area contributed by atoms with Gasteiger partial charge in [-0.3, -0.25) is 4.90 Å². The van der Waals surface area contributed by atoms with Crippen molar-refractivity contribution in [2.24, 2.45) is 0 Å². The first-order valence-electron chi connectivity index (χ1n) is 7.47. The molecule has 116 valence electrons. The molecule has 0 radical (unpaired) electrons. The lowest BCUT2D eigenvalue weighted by Gasteiger charge is -2.22. The van der Waals surface area contributed by atoms with Crippen LogP contribution in [-0.2, 0) is 16.0 Å². The third-order valence-corrected chi connectivity index (χ3v) is 3.87. The molecule has 1 N–H and O–H groups in total. The summed E-state index contributed by atoms with van der Waals surface area (Å²) in [5.74, 6) is 0. The molecule has 1 aromatic rings. The van der Waals surface area contributed by atoms with Gasteiger partial charge >= 0.3 is 0 Å². The summed E-state index contributed by atoms with van der Waals surface area (Å²) in [4.78, 5) is 3.78. The van der Waals surface area contributed by atoms with Crippen LogP contribution in [0.3, 0.4) is 0 Å². The molecular weight excluding hydrogens is 272 g/mol. The van der Waals surface area contributed by atoms with E-state index in [-0.39, 0.29) is 0 Å². The average molecular weight is 300 g/mol. The largest absolute Gasteiger partial charge is 0.380 e. The summed E-state index contributed by atoms with van der Waals surface area (Å²) in [6.45, 7) is 12.2. The molecule has 0 fully saturated rings. The van der Waals surface area contributed by atoms with Crippen molar-refractivity contribution < 1.29 is 9.47 Å². The van der Waals surface area contributed by atoms with Crippen LogP contribution in [0.1, 0.15) is 18.7 Å². The lowest BCUT2D eigenvalue weighted by Crippen LogP contribution is -2.36. The van der Waals surface area contributed by atoms with Crippen LogP contribution < -0.4 is 5.32 Å². The number of ether oxygens (including phenoxy) is 2. The maximum absolute atomic E-state index is 5.43. The van der Waals surface area contributed by atoms with Crippen LogP contribution in [0.5, 0.6) is 0 Å². The van der Waals surface area contributed by atoms with Gasteiger partial charge in [0, 0.05) is 50.8 Å². The van der Waals surface area contributed by atoms with Gasteiger partial charge in [0.15, 0.2) is 0 Å². The number of nitrogens with zero attached hydrogens (tertiary/aromatic N) is 1. The third kappa shape index (κ3) is 8.66. The molecule has 0 saturated heterocycles. The van der Waals surface area contributed by atoms with E-state index in [1.165, 1.54) is 4.88 Å². The predicted octanol–water partition coefficient (Wildman–Crippen LogP) is 2.21. The fraction of sp³-hybridized carbons (Fsp3) is 0.733. The average Bonchev–Trinajstić information content (AvgIpc) is 2.96. The van der Waals surface area contributed by atoms with Gasteiger partial charge in [0.05, 0.1) is 13.2 Å². The molecule has 1 heterocycles. The molecular formula is C15H28N2O2S. The summed E-state index contributed by atoms with van der Waals surface area (Å²) in [7, 11) is 0. The number of hydrogen-bond acceptors (Lipinski definition) is 5. The van der Waals surface area contributed by atoms with E-state index in [4.69, 9.17) is 9.47 Å². The van der Waals surface area contributed by atoms with Gasteiger partial charge < -0.3 is 14.8 Å². The zero-order valence-corrected chi connectivity index (χ0v) is 13.6. The molecule has 20 heavy (non-hydrogen) atoms. The SMILES string of the molecule is CCOCCN(CCNCc1cccs1)CCOCC. The zero-order valence-electron chi connectivity index (χ0n) is 12.8. The maximum atomic E-state index is 5.43. The van der Waals surface area contributed by atoms with E-state index in [1.54, 1.807) is 11.3 Å². The highest BCUT2D eigenvalue weighted by Crippen LogP contribution is 2.06. The van der Waals surface area contributed by atoms with Crippen molar-refractivity contribution in [2.45, 2.75) is 20.4 Å². The quantitative estimate of drug-likeness (QED) is 0.566. The van der Waals surface area contributed by atoms with Gasteiger partial charge in [-0.05, 0) is 25.3 Å². The molecule has 1 aromatic heterocycles. The van der Waals surface area contributed by atoms with Crippen LogP contribution >= 0.6 is 11.3 Å². The minimum Gasteiger partial charge on any atom is -0.380 e. The Bertz CT molecular complexity index is 297. The lowest BCUT2D eigenvalue weighted by molar-refractivity contribution is 0.0832. The molecule has 0 unspecified atom stereocenters. The first kappa shape index (κ1) is 17.6. The Morgan fingerprint density at radius 2 is 1.80 bits per heavy atom. The molecule has 0 aliphatic rings. The van der Waals surface area contributed by atoms with Crippen LogP contribution in [0, 0.1) is 0 Å². The van der Waals surface area contributed by atoms with Crippen LogP contribution in [0.2, 0.25) is 0 Å². The number of hydrogen-bond donors (Lipinski definition) is 1. The van der Waals surface area contributed by atoms with Gasteiger partial charge in [-0.2, -0.15) is 0 Å². The van der Waals surface area contributed by atoms with Gasteiger partial charge in [-0.25, -0.2) is 0 Å². The van der Waals surface area contributed by atoms with Gasteiger partial charge in [0.1, 0.15) is 0 Å². The van der Waals surface area contributed by atoms with Gasteiger partial charge in [-0.15, -0.1) is 11.3 Å². The molecule has 5 heteroatoms. The fourth-order valence-electron chi connectivity index (χ4n) is 1.87. The zero-order chi connectivity index (χ0) is 14.5. The van der Waals surface area contributed by atoms with Crippen LogP contribution in [0.15, 0.2) is 17.5 Å². The highest BCUT2D eigenvalue weighted by molar-refractivity contribution is 7.09. The van der Waals surface area contributed by atoms with Crippen molar-refractivity contribution >= 4 is 11.3 Å². The van der Waals surface area contributed by atoms with E-state index in [0.717, 1.165) is 59.2 Å². The van der Waals surface area contributed by atoms with E-state index >= 15 is 0 Å². The second-order valence-corrected chi connectivity index (χ2v) is 5.52. The number of thiophene rings is 1. The Balaban J connectivity index is 2.13. The maximum Gasteiger partial charge on any atom is 0.0593 e. The van der Waals surface area contributed by atoms with Crippen LogP contribution in [0.4, 0.5) is 0 Å². The first-order chi connectivity index (χ1) is 9.86. The van der Waals surface area contributed by atoms with Crippen molar-refractivity contribution in [3.63, 3.8) is 0 Å². The summed E-state index contributed by atoms with van der Waals surface area (Å²) in [6, 6.07) is 4.26. The van der Waals surface area contributed by atoms with Gasteiger partial charge in [0.2, 0.25) is 0 Å². The van der Waals surface area contributed by atoms with Crippen molar-refractivity contribution in [1.82, 2.24) is 10.2 Å². The van der Waals surface area contributed by atoms with Gasteiger partial charge in [0.25, 0.3) is 0 Å². The Labute approximate surface area is 127 Å². The molecule has 0 spiro atoms. The molecule has 0 amide bonds. The Morgan fingerprint density at radius 1 is 1.10 bits per heavy atom. The highest BCUT2D eigenvalue weighted by atomic mass is 32.1. The van der Waals surface area contributed by atoms with Crippen molar-refractivity contribution in [1.29, 1.82) is 0 Å². The van der Waals surface area contributed by atoms with E-state index in [9.17, 15) is 0 Å². The third-order valence-electron chi connectivity index (χ3n) is 3.00. The summed E-state index contributed by atoms with van der Waals surface area (Å²) in [6.07, 6.45) is 0. The summed E-state index contributed by atoms with van der Waals surface area (Å²) in [5, 5.41) is 5.60. The molecule has 0 bridgehead atoms. The standard InChI is InChI=1S/C15H28N2O2S/c1-3-18-11-9-17(10-12-19-4-2)8-7-16-14-15-6-5-13-20-15/h5-6,13,16H,3-4,7-12,14H2,1-2H3. The monoisotopic (exact) mass is 300 g/mol. The van der Waals surface area contributed by atoms with Crippen LogP contribution in [-0.4, -0.2) is 57.5 Å². The molecule has 4 nitrogen and oxygen atoms in total. The van der Waals surface area contributed by atoms with Crippen molar-refractivity contribution in [3.8, 4) is 0 Å². The van der Waals surface area contributed by atoms with Crippen LogP contribution in [0.25, 0.3) is 0 Å². The van der Waals surface area contributed by atoms with E-state index in [0.29, 0.717) is 0 Å². The highest BCUT2D eigenvalue weighted by Gasteiger charge is 2.04. The summed E-state index contributed by atoms with van der Waals surface area (Å²) in [5.41, 5.74) is 0. The van der Waals surface area contributed by atoms with E-state index in [1.807, 2.05) is 13.8 Å². The number of rotatable bonds is 13. The van der Waals surface area contributed by atoms with E-state index in [2.05, 4.69) is 27.7 Å². The normalized spacial score (nSPS) is 11.3. The topological polar surface area (TPSA) is 33.7 Å². The van der Waals surface area contributed by atoms with Gasteiger partial charge in [-0.1, -0.05) is 6.07 Å². The molecule has 0 aliphatic carbocycles. The Hall–Kier alpha value is -0.460. The molecule has 0 aromatic carbocycles. The molecule has 0 aliphatic heterocycles. The first-order valence-corrected chi connectivity index (χ1v) is 8.35. The Kier molecular flexibility index (Phi) is 10.8. The smallest absolute Gasteiger partial charge is 0.0593 e.